The normalized spacial score (nSPS) is 13.9. The maximum Gasteiger partial charge on any atom is 0.328 e. The third-order valence-electron chi connectivity index (χ3n) is 2.81. The summed E-state index contributed by atoms with van der Waals surface area (Å²) in [7, 11) is 0. The Morgan fingerprint density at radius 1 is 1.50 bits per heavy atom. The number of carboxylic acid groups (broad SMARTS) is 1. The van der Waals surface area contributed by atoms with Crippen LogP contribution in [0.5, 0.6) is 0 Å². The molecule has 102 valence electrons. The molecule has 0 amide bonds. The Labute approximate surface area is 108 Å². The van der Waals surface area contributed by atoms with Crippen molar-refractivity contribution in [3.8, 4) is 0 Å². The first-order chi connectivity index (χ1) is 8.12. The minimum Gasteiger partial charge on any atom is -0.480 e. The summed E-state index contributed by atoms with van der Waals surface area (Å²) in [5.74, 6) is -0.209. The number of nitrogen functional groups attached to an aromatic ring is 1. The fraction of sp³-hybridized carbons (Fsp3) is 0.692. The third-order valence-corrected chi connectivity index (χ3v) is 2.81. The van der Waals surface area contributed by atoms with Crippen LogP contribution in [0.1, 0.15) is 52.8 Å². The maximum absolute atomic E-state index is 11.3. The van der Waals surface area contributed by atoms with Crippen LogP contribution in [0.4, 0.5) is 5.82 Å². The largest absolute Gasteiger partial charge is 0.480 e. The molecule has 0 aliphatic rings. The highest BCUT2D eigenvalue weighted by molar-refractivity contribution is 5.72. The van der Waals surface area contributed by atoms with Crippen LogP contribution in [0.25, 0.3) is 0 Å². The van der Waals surface area contributed by atoms with Gasteiger partial charge in [0.15, 0.2) is 6.04 Å². The summed E-state index contributed by atoms with van der Waals surface area (Å²) in [4.78, 5) is 11.3. The molecule has 3 N–H and O–H groups in total. The van der Waals surface area contributed by atoms with Gasteiger partial charge < -0.3 is 10.8 Å². The second-order valence-electron chi connectivity index (χ2n) is 6.13. The molecule has 0 bridgehead atoms. The lowest BCUT2D eigenvalue weighted by atomic mass is 9.92. The minimum atomic E-state index is -0.890. The first-order valence-electron chi connectivity index (χ1n) is 6.21. The van der Waals surface area contributed by atoms with Gasteiger partial charge in [-0.2, -0.15) is 5.10 Å². The van der Waals surface area contributed by atoms with Crippen LogP contribution < -0.4 is 5.73 Å². The number of nitrogens with two attached hydrogens (primary N) is 1. The van der Waals surface area contributed by atoms with Gasteiger partial charge in [0, 0.05) is 11.5 Å². The average Bonchev–Trinajstić information content (AvgIpc) is 2.55. The van der Waals surface area contributed by atoms with Gasteiger partial charge in [-0.1, -0.05) is 34.6 Å². The van der Waals surface area contributed by atoms with Gasteiger partial charge in [-0.3, -0.25) is 0 Å². The highest BCUT2D eigenvalue weighted by atomic mass is 16.4. The van der Waals surface area contributed by atoms with Crippen LogP contribution in [0.3, 0.4) is 0 Å². The molecule has 1 atom stereocenters. The predicted octanol–water partition coefficient (Wildman–Crippen LogP) is 2.43. The van der Waals surface area contributed by atoms with Gasteiger partial charge in [0.2, 0.25) is 0 Å². The summed E-state index contributed by atoms with van der Waals surface area (Å²) < 4.78 is 1.43. The molecule has 1 heterocycles. The molecule has 5 heteroatoms. The number of carboxylic acids is 1. The van der Waals surface area contributed by atoms with E-state index in [9.17, 15) is 9.90 Å². The summed E-state index contributed by atoms with van der Waals surface area (Å²) in [6.07, 6.45) is 0.519. The Kier molecular flexibility index (Phi) is 4.04. The SMILES string of the molecule is CC(C)CC(C(=O)O)n1nc(C(C)(C)C)cc1N. The van der Waals surface area contributed by atoms with Gasteiger partial charge in [-0.05, 0) is 12.3 Å². The van der Waals surface area contributed by atoms with Crippen LogP contribution in [0, 0.1) is 5.92 Å². The number of hydrogen-bond donors (Lipinski definition) is 2. The summed E-state index contributed by atoms with van der Waals surface area (Å²) in [6, 6.07) is 1.07. The zero-order chi connectivity index (χ0) is 14.1. The van der Waals surface area contributed by atoms with E-state index in [0.29, 0.717) is 12.2 Å². The van der Waals surface area contributed by atoms with Crippen molar-refractivity contribution in [2.45, 2.75) is 52.5 Å². The first kappa shape index (κ1) is 14.5. The Morgan fingerprint density at radius 3 is 2.39 bits per heavy atom. The van der Waals surface area contributed by atoms with E-state index in [2.05, 4.69) is 5.10 Å². The molecule has 0 saturated heterocycles. The maximum atomic E-state index is 11.3. The Bertz CT molecular complexity index is 430. The second kappa shape index (κ2) is 5.00. The molecule has 5 nitrogen and oxygen atoms in total. The quantitative estimate of drug-likeness (QED) is 0.863. The zero-order valence-electron chi connectivity index (χ0n) is 11.8. The molecule has 0 saturated carbocycles. The molecule has 18 heavy (non-hydrogen) atoms. The van der Waals surface area contributed by atoms with E-state index < -0.39 is 12.0 Å². The molecule has 0 aliphatic heterocycles. The number of nitrogens with zero attached hydrogens (tertiary/aromatic N) is 2. The van der Waals surface area contributed by atoms with Crippen LogP contribution in [0.2, 0.25) is 0 Å². The smallest absolute Gasteiger partial charge is 0.328 e. The third kappa shape index (κ3) is 3.24. The van der Waals surface area contributed by atoms with E-state index in [1.165, 1.54) is 4.68 Å². The van der Waals surface area contributed by atoms with E-state index in [1.807, 2.05) is 34.6 Å². The Hall–Kier alpha value is -1.52. The van der Waals surface area contributed by atoms with Crippen molar-refractivity contribution < 1.29 is 9.90 Å². The van der Waals surface area contributed by atoms with Crippen molar-refractivity contribution in [3.63, 3.8) is 0 Å². The van der Waals surface area contributed by atoms with Gasteiger partial charge in [0.05, 0.1) is 5.69 Å². The van der Waals surface area contributed by atoms with Gasteiger partial charge in [0.1, 0.15) is 5.82 Å². The molecule has 1 unspecified atom stereocenters. The fourth-order valence-corrected chi connectivity index (χ4v) is 1.78. The van der Waals surface area contributed by atoms with Crippen molar-refractivity contribution >= 4 is 11.8 Å². The van der Waals surface area contributed by atoms with Crippen LogP contribution >= 0.6 is 0 Å². The van der Waals surface area contributed by atoms with Crippen molar-refractivity contribution in [2.24, 2.45) is 5.92 Å². The molecule has 0 aromatic carbocycles. The number of aliphatic carboxylic acids is 1. The van der Waals surface area contributed by atoms with Crippen LogP contribution in [0.15, 0.2) is 6.07 Å². The fourth-order valence-electron chi connectivity index (χ4n) is 1.78. The highest BCUT2D eigenvalue weighted by Crippen LogP contribution is 2.27. The van der Waals surface area contributed by atoms with E-state index in [1.54, 1.807) is 6.07 Å². The number of aromatic nitrogens is 2. The van der Waals surface area contributed by atoms with E-state index >= 15 is 0 Å². The topological polar surface area (TPSA) is 81.1 Å². The number of hydrogen-bond acceptors (Lipinski definition) is 3. The monoisotopic (exact) mass is 253 g/mol. The van der Waals surface area contributed by atoms with Crippen molar-refractivity contribution in [3.05, 3.63) is 11.8 Å². The summed E-state index contributed by atoms with van der Waals surface area (Å²) in [5.41, 5.74) is 6.57. The molecule has 1 aromatic heterocycles. The molecule has 1 rings (SSSR count). The zero-order valence-corrected chi connectivity index (χ0v) is 11.8. The summed E-state index contributed by atoms with van der Waals surface area (Å²) in [5, 5.41) is 13.7. The standard InChI is InChI=1S/C13H23N3O2/c1-8(2)6-9(12(17)18)16-11(14)7-10(15-16)13(3,4)5/h7-9H,6,14H2,1-5H3,(H,17,18). The average molecular weight is 253 g/mol. The molecule has 1 aromatic rings. The van der Waals surface area contributed by atoms with E-state index in [0.717, 1.165) is 5.69 Å². The van der Waals surface area contributed by atoms with Crippen molar-refractivity contribution in [1.82, 2.24) is 9.78 Å². The molecule has 0 fully saturated rings. The molecular weight excluding hydrogens is 230 g/mol. The highest BCUT2D eigenvalue weighted by Gasteiger charge is 2.26. The lowest BCUT2D eigenvalue weighted by Gasteiger charge is -2.17. The molecule has 0 spiro atoms. The van der Waals surface area contributed by atoms with Crippen LogP contribution in [-0.2, 0) is 10.2 Å². The number of anilines is 1. The van der Waals surface area contributed by atoms with Gasteiger partial charge >= 0.3 is 5.97 Å². The van der Waals surface area contributed by atoms with Gasteiger partial charge in [0.25, 0.3) is 0 Å². The lowest BCUT2D eigenvalue weighted by molar-refractivity contribution is -0.141. The van der Waals surface area contributed by atoms with Crippen molar-refractivity contribution in [2.75, 3.05) is 5.73 Å². The lowest BCUT2D eigenvalue weighted by Crippen LogP contribution is -2.24. The Balaban J connectivity index is 3.13. The van der Waals surface area contributed by atoms with Crippen LogP contribution in [-0.4, -0.2) is 20.9 Å². The molecule has 0 radical (unpaired) electrons. The molecule has 0 aliphatic carbocycles. The second-order valence-corrected chi connectivity index (χ2v) is 6.13. The Morgan fingerprint density at radius 2 is 2.06 bits per heavy atom. The van der Waals surface area contributed by atoms with E-state index in [-0.39, 0.29) is 11.3 Å². The van der Waals surface area contributed by atoms with Crippen molar-refractivity contribution in [1.29, 1.82) is 0 Å². The minimum absolute atomic E-state index is 0.139. The first-order valence-corrected chi connectivity index (χ1v) is 6.21. The van der Waals surface area contributed by atoms with Gasteiger partial charge in [-0.15, -0.1) is 0 Å². The number of rotatable bonds is 4. The predicted molar refractivity (Wildman–Crippen MR) is 71.5 cm³/mol. The summed E-state index contributed by atoms with van der Waals surface area (Å²) >= 11 is 0. The molecular formula is C13H23N3O2. The van der Waals surface area contributed by atoms with Gasteiger partial charge in [-0.25, -0.2) is 9.48 Å². The van der Waals surface area contributed by atoms with E-state index in [4.69, 9.17) is 5.73 Å². The summed E-state index contributed by atoms with van der Waals surface area (Å²) in [6.45, 7) is 10.0. The number of carbonyl (C=O) groups is 1.